The van der Waals surface area contributed by atoms with E-state index in [9.17, 15) is 9.59 Å². The second-order valence-corrected chi connectivity index (χ2v) is 8.59. The lowest BCUT2D eigenvalue weighted by atomic mass is 9.68. The molecule has 0 aliphatic heterocycles. The summed E-state index contributed by atoms with van der Waals surface area (Å²) >= 11 is 0. The number of rotatable bonds is 6. The van der Waals surface area contributed by atoms with Gasteiger partial charge in [-0.05, 0) is 55.5 Å². The SMILES string of the molecule is CC1CCCC(CN)(CC(=O)NO)C1.NCC1(CC(=O)NO)CCCCC1. The molecule has 0 saturated heterocycles. The number of amides is 2. The van der Waals surface area contributed by atoms with Crippen LogP contribution < -0.4 is 22.4 Å². The molecular formula is C19H38N4O4. The van der Waals surface area contributed by atoms with Crippen LogP contribution in [0.3, 0.4) is 0 Å². The first kappa shape index (κ1) is 23.8. The van der Waals surface area contributed by atoms with Crippen LogP contribution in [0.2, 0.25) is 0 Å². The zero-order chi connectivity index (χ0) is 20.3. The Labute approximate surface area is 162 Å². The Morgan fingerprint density at radius 3 is 1.81 bits per heavy atom. The fraction of sp³-hybridized carbons (Fsp3) is 0.895. The fourth-order valence-corrected chi connectivity index (χ4v) is 4.70. The molecular weight excluding hydrogens is 348 g/mol. The smallest absolute Gasteiger partial charge is 0.243 e. The quantitative estimate of drug-likeness (QED) is 0.303. The van der Waals surface area contributed by atoms with Gasteiger partial charge in [-0.3, -0.25) is 20.0 Å². The van der Waals surface area contributed by atoms with Crippen LogP contribution in [0.5, 0.6) is 0 Å². The van der Waals surface area contributed by atoms with Gasteiger partial charge in [-0.15, -0.1) is 0 Å². The Morgan fingerprint density at radius 1 is 0.889 bits per heavy atom. The van der Waals surface area contributed by atoms with Crippen LogP contribution in [0.15, 0.2) is 0 Å². The van der Waals surface area contributed by atoms with Crippen molar-refractivity contribution in [2.45, 2.75) is 77.6 Å². The highest BCUT2D eigenvalue weighted by Gasteiger charge is 2.35. The van der Waals surface area contributed by atoms with Crippen LogP contribution in [-0.4, -0.2) is 35.3 Å². The Balaban J connectivity index is 0.000000271. The number of nitrogens with one attached hydrogen (secondary N) is 2. The van der Waals surface area contributed by atoms with E-state index in [1.54, 1.807) is 11.0 Å². The van der Waals surface area contributed by atoms with Gasteiger partial charge in [-0.2, -0.15) is 0 Å². The molecule has 27 heavy (non-hydrogen) atoms. The van der Waals surface area contributed by atoms with Gasteiger partial charge in [0.25, 0.3) is 0 Å². The van der Waals surface area contributed by atoms with Gasteiger partial charge in [0.05, 0.1) is 0 Å². The molecule has 2 rings (SSSR count). The number of hydrogen-bond donors (Lipinski definition) is 6. The first-order valence-electron chi connectivity index (χ1n) is 10.1. The van der Waals surface area contributed by atoms with Crippen molar-refractivity contribution < 1.29 is 20.0 Å². The van der Waals surface area contributed by atoms with Gasteiger partial charge in [0, 0.05) is 12.8 Å². The minimum Gasteiger partial charge on any atom is -0.330 e. The molecule has 8 heteroatoms. The second-order valence-electron chi connectivity index (χ2n) is 8.59. The van der Waals surface area contributed by atoms with E-state index < -0.39 is 0 Å². The van der Waals surface area contributed by atoms with Gasteiger partial charge in [-0.25, -0.2) is 11.0 Å². The van der Waals surface area contributed by atoms with E-state index in [1.807, 2.05) is 0 Å². The third-order valence-electron chi connectivity index (χ3n) is 6.29. The maximum Gasteiger partial charge on any atom is 0.243 e. The van der Waals surface area contributed by atoms with E-state index >= 15 is 0 Å². The largest absolute Gasteiger partial charge is 0.330 e. The summed E-state index contributed by atoms with van der Waals surface area (Å²) in [4.78, 5) is 22.2. The van der Waals surface area contributed by atoms with Gasteiger partial charge in [0.1, 0.15) is 0 Å². The maximum absolute atomic E-state index is 11.1. The summed E-state index contributed by atoms with van der Waals surface area (Å²) in [7, 11) is 0. The molecule has 0 bridgehead atoms. The van der Waals surface area contributed by atoms with Crippen LogP contribution in [0.1, 0.15) is 77.6 Å². The van der Waals surface area contributed by atoms with Crippen LogP contribution >= 0.6 is 0 Å². The van der Waals surface area contributed by atoms with E-state index in [0.717, 1.165) is 44.9 Å². The van der Waals surface area contributed by atoms with Crippen molar-refractivity contribution in [2.24, 2.45) is 28.2 Å². The molecule has 2 aliphatic rings. The maximum atomic E-state index is 11.1. The van der Waals surface area contributed by atoms with Gasteiger partial charge in [0.15, 0.2) is 0 Å². The van der Waals surface area contributed by atoms with Crippen molar-refractivity contribution in [2.75, 3.05) is 13.1 Å². The lowest BCUT2D eigenvalue weighted by molar-refractivity contribution is -0.133. The summed E-state index contributed by atoms with van der Waals surface area (Å²) in [5.74, 6) is 0.00990. The fourth-order valence-electron chi connectivity index (χ4n) is 4.70. The van der Waals surface area contributed by atoms with Gasteiger partial charge in [-0.1, -0.05) is 39.0 Å². The average molecular weight is 387 g/mol. The van der Waals surface area contributed by atoms with Gasteiger partial charge in [0.2, 0.25) is 11.8 Å². The number of nitrogens with two attached hydrogens (primary N) is 2. The number of hydrogen-bond acceptors (Lipinski definition) is 6. The normalized spacial score (nSPS) is 27.1. The molecule has 0 radical (unpaired) electrons. The molecule has 0 aromatic carbocycles. The van der Waals surface area contributed by atoms with Crippen molar-refractivity contribution in [3.05, 3.63) is 0 Å². The van der Waals surface area contributed by atoms with Crippen molar-refractivity contribution >= 4 is 11.8 Å². The van der Waals surface area contributed by atoms with Gasteiger partial charge < -0.3 is 11.5 Å². The minimum atomic E-state index is -0.315. The first-order valence-corrected chi connectivity index (χ1v) is 10.1. The highest BCUT2D eigenvalue weighted by Crippen LogP contribution is 2.41. The Kier molecular flexibility index (Phi) is 10.2. The molecule has 8 N–H and O–H groups in total. The molecule has 2 aliphatic carbocycles. The van der Waals surface area contributed by atoms with Crippen molar-refractivity contribution in [3.8, 4) is 0 Å². The van der Waals surface area contributed by atoms with Crippen molar-refractivity contribution in [3.63, 3.8) is 0 Å². The molecule has 0 aromatic heterocycles. The van der Waals surface area contributed by atoms with Crippen molar-refractivity contribution in [1.82, 2.24) is 11.0 Å². The lowest BCUT2D eigenvalue weighted by Gasteiger charge is -2.38. The highest BCUT2D eigenvalue weighted by atomic mass is 16.5. The molecule has 2 unspecified atom stereocenters. The monoisotopic (exact) mass is 386 g/mol. The summed E-state index contributed by atoms with van der Waals surface area (Å²) in [6, 6.07) is 0. The van der Waals surface area contributed by atoms with Crippen LogP contribution in [-0.2, 0) is 9.59 Å². The molecule has 0 spiro atoms. The standard InChI is InChI=1S/C10H20N2O2.C9H18N2O2/c1-8-3-2-4-10(5-8,7-11)6-9(13)12-14;10-7-9(6-8(12)11-13)4-2-1-3-5-9/h8,14H,2-7,11H2,1H3,(H,12,13);13H,1-7,10H2,(H,11,12). The molecule has 2 amide bonds. The van der Waals surface area contributed by atoms with Crippen LogP contribution in [0.4, 0.5) is 0 Å². The summed E-state index contributed by atoms with van der Waals surface area (Å²) in [5, 5.41) is 16.9. The van der Waals surface area contributed by atoms with Crippen LogP contribution in [0, 0.1) is 16.7 Å². The highest BCUT2D eigenvalue weighted by molar-refractivity contribution is 5.75. The van der Waals surface area contributed by atoms with Gasteiger partial charge >= 0.3 is 0 Å². The third kappa shape index (κ3) is 7.73. The summed E-state index contributed by atoms with van der Waals surface area (Å²) < 4.78 is 0. The van der Waals surface area contributed by atoms with E-state index in [4.69, 9.17) is 21.9 Å². The lowest BCUT2D eigenvalue weighted by Crippen LogP contribution is -2.39. The van der Waals surface area contributed by atoms with Crippen molar-refractivity contribution in [1.29, 1.82) is 0 Å². The topological polar surface area (TPSA) is 151 Å². The molecule has 158 valence electrons. The van der Waals surface area contributed by atoms with E-state index in [2.05, 4.69) is 6.92 Å². The zero-order valence-electron chi connectivity index (χ0n) is 16.6. The minimum absolute atomic E-state index is 0.0505. The Bertz CT molecular complexity index is 469. The molecule has 2 saturated carbocycles. The molecule has 2 fully saturated rings. The average Bonchev–Trinajstić information content (AvgIpc) is 2.69. The number of carbonyl (C=O) groups excluding carboxylic acids is 2. The van der Waals surface area contributed by atoms with E-state index in [-0.39, 0.29) is 22.6 Å². The summed E-state index contributed by atoms with van der Waals surface area (Å²) in [6.45, 7) is 3.27. The summed E-state index contributed by atoms with van der Waals surface area (Å²) in [6.07, 6.45) is 10.6. The number of carbonyl (C=O) groups is 2. The Hall–Kier alpha value is -1.22. The van der Waals surface area contributed by atoms with E-state index in [0.29, 0.717) is 31.8 Å². The predicted octanol–water partition coefficient (Wildman–Crippen LogP) is 1.83. The van der Waals surface area contributed by atoms with E-state index in [1.165, 1.54) is 12.8 Å². The third-order valence-corrected chi connectivity index (χ3v) is 6.29. The first-order chi connectivity index (χ1) is 12.8. The molecule has 8 nitrogen and oxygen atoms in total. The molecule has 2 atom stereocenters. The Morgan fingerprint density at radius 2 is 1.37 bits per heavy atom. The molecule has 0 heterocycles. The predicted molar refractivity (Wildman–Crippen MR) is 103 cm³/mol. The zero-order valence-corrected chi connectivity index (χ0v) is 16.6. The van der Waals surface area contributed by atoms with Crippen LogP contribution in [0.25, 0.3) is 0 Å². The molecule has 0 aromatic rings. The number of hydroxylamine groups is 2. The second kappa shape index (κ2) is 11.6. The summed E-state index contributed by atoms with van der Waals surface area (Å²) in [5.41, 5.74) is 14.7.